The molecule has 17 heavy (non-hydrogen) atoms. The molecule has 0 spiro atoms. The van der Waals surface area contributed by atoms with E-state index in [1.807, 2.05) is 4.90 Å². The van der Waals surface area contributed by atoms with Gasteiger partial charge in [0.15, 0.2) is 0 Å². The summed E-state index contributed by atoms with van der Waals surface area (Å²) in [6.07, 6.45) is 0. The summed E-state index contributed by atoms with van der Waals surface area (Å²) >= 11 is 0. The van der Waals surface area contributed by atoms with Gasteiger partial charge in [-0.15, -0.1) is 0 Å². The predicted octanol–water partition coefficient (Wildman–Crippen LogP) is -5.55. The number of morpholine rings is 1. The van der Waals surface area contributed by atoms with Crippen LogP contribution in [0.15, 0.2) is 0 Å². The maximum atomic E-state index is 11.2. The number of carbonyl (C=O) groups excluding carboxylic acids is 1. The first-order valence-electron chi connectivity index (χ1n) is 4.73. The number of carbonyl (C=O) groups is 1. The molecule has 0 aromatic carbocycles. The van der Waals surface area contributed by atoms with Crippen LogP contribution in [0.5, 0.6) is 0 Å². The van der Waals surface area contributed by atoms with Crippen LogP contribution >= 0.6 is 0 Å². The van der Waals surface area contributed by atoms with Crippen LogP contribution in [0.2, 0.25) is 0 Å². The van der Waals surface area contributed by atoms with E-state index in [9.17, 15) is 17.8 Å². The van der Waals surface area contributed by atoms with E-state index in [4.69, 9.17) is 4.74 Å². The number of amides is 1. The normalized spacial score (nSPS) is 17.2. The van der Waals surface area contributed by atoms with Gasteiger partial charge in [-0.2, -0.15) is 0 Å². The Morgan fingerprint density at radius 1 is 1.35 bits per heavy atom. The SMILES string of the molecule is O=C(CN1CCOCC1)NNCS(=O)(=O)[O-].[K+]. The predicted molar refractivity (Wildman–Crippen MR) is 53.1 cm³/mol. The first-order valence-corrected chi connectivity index (χ1v) is 6.30. The van der Waals surface area contributed by atoms with Gasteiger partial charge in [-0.1, -0.05) is 0 Å². The molecule has 0 saturated carbocycles. The van der Waals surface area contributed by atoms with Gasteiger partial charge in [-0.25, -0.2) is 13.8 Å². The Morgan fingerprint density at radius 3 is 2.47 bits per heavy atom. The number of hydrazine groups is 1. The van der Waals surface area contributed by atoms with Gasteiger partial charge in [0.1, 0.15) is 16.0 Å². The zero-order chi connectivity index (χ0) is 12.0. The fourth-order valence-electron chi connectivity index (χ4n) is 1.22. The average molecular weight is 291 g/mol. The third-order valence-corrected chi connectivity index (χ3v) is 2.45. The summed E-state index contributed by atoms with van der Waals surface area (Å²) < 4.78 is 35.7. The van der Waals surface area contributed by atoms with Gasteiger partial charge in [-0.05, 0) is 0 Å². The van der Waals surface area contributed by atoms with E-state index in [1.54, 1.807) is 0 Å². The molecule has 0 aromatic rings. The van der Waals surface area contributed by atoms with Crippen molar-refractivity contribution in [2.75, 3.05) is 38.7 Å². The van der Waals surface area contributed by atoms with Gasteiger partial charge in [-0.3, -0.25) is 15.1 Å². The summed E-state index contributed by atoms with van der Waals surface area (Å²) in [4.78, 5) is 13.1. The van der Waals surface area contributed by atoms with Gasteiger partial charge in [0.2, 0.25) is 5.91 Å². The topological polar surface area (TPSA) is 111 Å². The van der Waals surface area contributed by atoms with Crippen molar-refractivity contribution in [1.82, 2.24) is 15.8 Å². The van der Waals surface area contributed by atoms with Gasteiger partial charge in [0.25, 0.3) is 0 Å². The van der Waals surface area contributed by atoms with Crippen molar-refractivity contribution in [2.45, 2.75) is 0 Å². The molecular weight excluding hydrogens is 277 g/mol. The molecule has 0 atom stereocenters. The molecule has 1 heterocycles. The third-order valence-electron chi connectivity index (χ3n) is 1.95. The van der Waals surface area contributed by atoms with Crippen LogP contribution in [0.25, 0.3) is 0 Å². The van der Waals surface area contributed by atoms with E-state index < -0.39 is 16.0 Å². The minimum Gasteiger partial charge on any atom is -0.747 e. The number of nitrogens with zero attached hydrogens (tertiary/aromatic N) is 1. The van der Waals surface area contributed by atoms with Crippen LogP contribution in [-0.4, -0.2) is 62.5 Å². The van der Waals surface area contributed by atoms with E-state index in [0.717, 1.165) is 0 Å². The summed E-state index contributed by atoms with van der Waals surface area (Å²) in [6.45, 7) is 2.63. The molecule has 1 aliphatic heterocycles. The van der Waals surface area contributed by atoms with Crippen LogP contribution in [0, 0.1) is 0 Å². The summed E-state index contributed by atoms with van der Waals surface area (Å²) in [5.41, 5.74) is 4.19. The van der Waals surface area contributed by atoms with Crippen molar-refractivity contribution in [3.05, 3.63) is 0 Å². The van der Waals surface area contributed by atoms with Crippen molar-refractivity contribution in [3.63, 3.8) is 0 Å². The van der Waals surface area contributed by atoms with Gasteiger partial charge in [0, 0.05) is 13.1 Å². The molecule has 1 rings (SSSR count). The zero-order valence-electron chi connectivity index (χ0n) is 9.64. The maximum Gasteiger partial charge on any atom is 1.00 e. The largest absolute Gasteiger partial charge is 1.00 e. The van der Waals surface area contributed by atoms with E-state index >= 15 is 0 Å². The van der Waals surface area contributed by atoms with Crippen molar-refractivity contribution in [3.8, 4) is 0 Å². The number of nitrogens with one attached hydrogen (secondary N) is 2. The van der Waals surface area contributed by atoms with E-state index in [0.29, 0.717) is 26.3 Å². The summed E-state index contributed by atoms with van der Waals surface area (Å²) in [7, 11) is -4.36. The number of hydrogen-bond donors (Lipinski definition) is 2. The molecule has 1 fully saturated rings. The average Bonchev–Trinajstić information content (AvgIpc) is 2.17. The second-order valence-corrected chi connectivity index (χ2v) is 4.72. The smallest absolute Gasteiger partial charge is 0.747 e. The Balaban J connectivity index is 0.00000256. The van der Waals surface area contributed by atoms with Crippen molar-refractivity contribution in [2.24, 2.45) is 0 Å². The van der Waals surface area contributed by atoms with Gasteiger partial charge < -0.3 is 9.29 Å². The Hall–Kier alpha value is 0.896. The monoisotopic (exact) mass is 291 g/mol. The molecular formula is C7H14KN3O5S. The molecule has 2 N–H and O–H groups in total. The van der Waals surface area contributed by atoms with Gasteiger partial charge in [0.05, 0.1) is 19.8 Å². The molecule has 1 saturated heterocycles. The first kappa shape index (κ1) is 17.9. The quantitative estimate of drug-likeness (QED) is 0.295. The minimum atomic E-state index is -4.36. The molecule has 0 bridgehead atoms. The molecule has 0 aliphatic carbocycles. The molecule has 0 aromatic heterocycles. The van der Waals surface area contributed by atoms with E-state index in [1.165, 1.54) is 0 Å². The van der Waals surface area contributed by atoms with E-state index in [-0.39, 0.29) is 63.8 Å². The Labute approximate surface area is 143 Å². The number of rotatable bonds is 5. The second kappa shape index (κ2) is 8.91. The minimum absolute atomic E-state index is 0. The van der Waals surface area contributed by atoms with E-state index in [2.05, 4.69) is 10.9 Å². The zero-order valence-corrected chi connectivity index (χ0v) is 13.6. The second-order valence-electron chi connectivity index (χ2n) is 3.32. The number of ether oxygens (including phenoxy) is 1. The van der Waals surface area contributed by atoms with Crippen LogP contribution < -0.4 is 62.2 Å². The molecule has 0 radical (unpaired) electrons. The third kappa shape index (κ3) is 9.47. The van der Waals surface area contributed by atoms with Crippen molar-refractivity contribution >= 4 is 16.0 Å². The van der Waals surface area contributed by atoms with Crippen LogP contribution in [0.1, 0.15) is 0 Å². The summed E-state index contributed by atoms with van der Waals surface area (Å²) in [6, 6.07) is 0. The van der Waals surface area contributed by atoms with Crippen LogP contribution in [0.3, 0.4) is 0 Å². The van der Waals surface area contributed by atoms with Crippen LogP contribution in [0.4, 0.5) is 0 Å². The Kier molecular flexibility index (Phi) is 9.37. The molecule has 0 unspecified atom stereocenters. The van der Waals surface area contributed by atoms with Crippen molar-refractivity contribution < 1.29 is 73.9 Å². The first-order chi connectivity index (χ1) is 7.47. The number of hydrogen-bond acceptors (Lipinski definition) is 7. The fourth-order valence-corrected chi connectivity index (χ4v) is 1.47. The molecule has 94 valence electrons. The summed E-state index contributed by atoms with van der Waals surface area (Å²) in [5, 5.41) is 0. The summed E-state index contributed by atoms with van der Waals surface area (Å²) in [5.74, 6) is -1.20. The maximum absolute atomic E-state index is 11.2. The fraction of sp³-hybridized carbons (Fsp3) is 0.857. The van der Waals surface area contributed by atoms with Gasteiger partial charge >= 0.3 is 51.4 Å². The van der Waals surface area contributed by atoms with Crippen molar-refractivity contribution in [1.29, 1.82) is 0 Å². The molecule has 10 heteroatoms. The van der Waals surface area contributed by atoms with Crippen LogP contribution in [-0.2, 0) is 19.6 Å². The standard InChI is InChI=1S/C7H15N3O5S.K/c11-7(9-8-6-16(12,13)14)5-10-1-3-15-4-2-10;/h8H,1-6H2,(H,9,11)(H,12,13,14);/q;+1/p-1. The molecule has 1 amide bonds. The Bertz CT molecular complexity index is 330. The molecule has 1 aliphatic rings. The molecule has 8 nitrogen and oxygen atoms in total. The Morgan fingerprint density at radius 2 is 1.94 bits per heavy atom.